The molecule has 23 heavy (non-hydrogen) atoms. The van der Waals surface area contributed by atoms with Crippen LogP contribution < -0.4 is 4.43 Å². The van der Waals surface area contributed by atoms with Crippen LogP contribution in [0.15, 0.2) is 12.1 Å². The van der Waals surface area contributed by atoms with Crippen LogP contribution in [0.25, 0.3) is 0 Å². The highest BCUT2D eigenvalue weighted by Crippen LogP contribution is 2.41. The summed E-state index contributed by atoms with van der Waals surface area (Å²) >= 11 is 0. The van der Waals surface area contributed by atoms with Gasteiger partial charge in [0.25, 0.3) is 0 Å². The van der Waals surface area contributed by atoms with Crippen molar-refractivity contribution in [2.45, 2.75) is 52.0 Å². The lowest BCUT2D eigenvalue weighted by atomic mass is 10.0. The molecule has 0 aliphatic heterocycles. The van der Waals surface area contributed by atoms with Gasteiger partial charge in [0, 0.05) is 5.56 Å². The molecule has 3 nitrogen and oxygen atoms in total. The first kappa shape index (κ1) is 19.5. The second-order valence-corrected chi connectivity index (χ2v) is 11.7. The predicted octanol–water partition coefficient (Wildman–Crippen LogP) is 5.18. The van der Waals surface area contributed by atoms with E-state index in [1.165, 1.54) is 0 Å². The minimum absolute atomic E-state index is 0.0896. The summed E-state index contributed by atoms with van der Waals surface area (Å²) in [7, 11) is -1.21. The standard InChI is InChI=1S/C16H23F3O3Si/c1-10-12(14(20)21-5)8-11(16(17,18)19)9-13(10)22-23(6,7)15(2,3)4/h8-9H,1-7H3. The highest BCUT2D eigenvalue weighted by Gasteiger charge is 2.40. The third-order valence-corrected chi connectivity index (χ3v) is 8.61. The smallest absolute Gasteiger partial charge is 0.416 e. The molecule has 1 rings (SSSR count). The third kappa shape index (κ3) is 4.28. The van der Waals surface area contributed by atoms with Crippen LogP contribution in [0.4, 0.5) is 13.2 Å². The molecular weight excluding hydrogens is 325 g/mol. The van der Waals surface area contributed by atoms with Crippen molar-refractivity contribution < 1.29 is 27.1 Å². The number of halogens is 3. The maximum atomic E-state index is 13.1. The molecule has 0 aromatic heterocycles. The minimum atomic E-state index is -4.57. The van der Waals surface area contributed by atoms with Crippen LogP contribution in [0.1, 0.15) is 42.3 Å². The number of methoxy groups -OCH3 is 1. The van der Waals surface area contributed by atoms with Crippen molar-refractivity contribution in [1.29, 1.82) is 0 Å². The van der Waals surface area contributed by atoms with Crippen LogP contribution in [0.2, 0.25) is 18.1 Å². The van der Waals surface area contributed by atoms with Gasteiger partial charge in [-0.25, -0.2) is 4.79 Å². The summed E-state index contributed by atoms with van der Waals surface area (Å²) in [5.74, 6) is -0.722. The van der Waals surface area contributed by atoms with E-state index in [1.54, 1.807) is 6.92 Å². The van der Waals surface area contributed by atoms with Gasteiger partial charge in [0.05, 0.1) is 18.2 Å². The zero-order valence-electron chi connectivity index (χ0n) is 14.5. The molecule has 0 bridgehead atoms. The lowest BCUT2D eigenvalue weighted by Gasteiger charge is -2.37. The summed E-state index contributed by atoms with van der Waals surface area (Å²) in [5.41, 5.74) is -0.692. The van der Waals surface area contributed by atoms with E-state index in [-0.39, 0.29) is 16.4 Å². The Morgan fingerprint density at radius 1 is 1.13 bits per heavy atom. The molecule has 0 aliphatic carbocycles. The Morgan fingerprint density at radius 2 is 1.65 bits per heavy atom. The summed E-state index contributed by atoms with van der Waals surface area (Å²) in [4.78, 5) is 11.8. The third-order valence-electron chi connectivity index (χ3n) is 4.26. The molecule has 0 aliphatic rings. The number of esters is 1. The molecule has 130 valence electrons. The molecule has 0 atom stereocenters. The molecule has 1 aromatic rings. The van der Waals surface area contributed by atoms with Gasteiger partial charge in [-0.3, -0.25) is 0 Å². The molecule has 0 N–H and O–H groups in total. The van der Waals surface area contributed by atoms with E-state index in [4.69, 9.17) is 4.43 Å². The van der Waals surface area contributed by atoms with E-state index in [0.717, 1.165) is 19.2 Å². The minimum Gasteiger partial charge on any atom is -0.543 e. The molecule has 0 saturated carbocycles. The fourth-order valence-electron chi connectivity index (χ4n) is 1.71. The first-order valence-corrected chi connectivity index (χ1v) is 10.1. The van der Waals surface area contributed by atoms with Gasteiger partial charge in [0.1, 0.15) is 5.75 Å². The average molecular weight is 348 g/mol. The van der Waals surface area contributed by atoms with Crippen molar-refractivity contribution in [2.24, 2.45) is 0 Å². The summed E-state index contributed by atoms with van der Waals surface area (Å²) < 4.78 is 49.9. The second-order valence-electron chi connectivity index (χ2n) is 7.00. The first-order chi connectivity index (χ1) is 10.2. The van der Waals surface area contributed by atoms with Gasteiger partial charge in [-0.1, -0.05) is 20.8 Å². The topological polar surface area (TPSA) is 35.5 Å². The van der Waals surface area contributed by atoms with E-state index in [9.17, 15) is 18.0 Å². The van der Waals surface area contributed by atoms with Crippen molar-refractivity contribution in [3.05, 3.63) is 28.8 Å². The van der Waals surface area contributed by atoms with Crippen molar-refractivity contribution >= 4 is 14.3 Å². The van der Waals surface area contributed by atoms with E-state index in [1.807, 2.05) is 33.9 Å². The van der Waals surface area contributed by atoms with Gasteiger partial charge >= 0.3 is 12.1 Å². The van der Waals surface area contributed by atoms with E-state index >= 15 is 0 Å². The molecule has 0 fully saturated rings. The number of alkyl halides is 3. The Morgan fingerprint density at radius 3 is 2.04 bits per heavy atom. The average Bonchev–Trinajstić information content (AvgIpc) is 2.37. The van der Waals surface area contributed by atoms with Crippen LogP contribution in [0, 0.1) is 6.92 Å². The quantitative estimate of drug-likeness (QED) is 0.557. The largest absolute Gasteiger partial charge is 0.543 e. The Bertz CT molecular complexity index is 602. The fraction of sp³-hybridized carbons (Fsp3) is 0.562. The molecule has 0 amide bonds. The summed E-state index contributed by atoms with van der Waals surface area (Å²) in [5, 5.41) is -0.181. The lowest BCUT2D eigenvalue weighted by Crippen LogP contribution is -2.44. The molecule has 7 heteroatoms. The van der Waals surface area contributed by atoms with Gasteiger partial charge in [0.2, 0.25) is 8.32 Å². The predicted molar refractivity (Wildman–Crippen MR) is 85.3 cm³/mol. The number of benzene rings is 1. The van der Waals surface area contributed by atoms with E-state index in [0.29, 0.717) is 5.56 Å². The van der Waals surface area contributed by atoms with Crippen molar-refractivity contribution in [2.75, 3.05) is 7.11 Å². The van der Waals surface area contributed by atoms with Crippen LogP contribution in [0.5, 0.6) is 5.75 Å². The van der Waals surface area contributed by atoms with Crippen LogP contribution in [0.3, 0.4) is 0 Å². The Hall–Kier alpha value is -1.50. The van der Waals surface area contributed by atoms with E-state index < -0.39 is 26.0 Å². The van der Waals surface area contributed by atoms with Crippen molar-refractivity contribution in [1.82, 2.24) is 0 Å². The van der Waals surface area contributed by atoms with Crippen LogP contribution in [-0.2, 0) is 10.9 Å². The molecule has 0 radical (unpaired) electrons. The number of rotatable bonds is 3. The summed E-state index contributed by atoms with van der Waals surface area (Å²) in [6.07, 6.45) is -4.57. The van der Waals surface area contributed by atoms with Gasteiger partial charge in [-0.15, -0.1) is 0 Å². The Balaban J connectivity index is 3.50. The number of ether oxygens (including phenoxy) is 1. The van der Waals surface area contributed by atoms with Gasteiger partial charge in [-0.05, 0) is 37.2 Å². The highest BCUT2D eigenvalue weighted by atomic mass is 28.4. The SMILES string of the molecule is COC(=O)c1cc(C(F)(F)F)cc(O[Si](C)(C)C(C)(C)C)c1C. The Labute approximate surface area is 135 Å². The second kappa shape index (κ2) is 6.18. The van der Waals surface area contributed by atoms with Crippen molar-refractivity contribution in [3.8, 4) is 5.75 Å². The highest BCUT2D eigenvalue weighted by molar-refractivity contribution is 6.74. The summed E-state index contributed by atoms with van der Waals surface area (Å²) in [6, 6.07) is 1.77. The van der Waals surface area contributed by atoms with Gasteiger partial charge in [0.15, 0.2) is 0 Å². The maximum Gasteiger partial charge on any atom is 0.416 e. The number of hydrogen-bond acceptors (Lipinski definition) is 3. The molecule has 0 saturated heterocycles. The van der Waals surface area contributed by atoms with Gasteiger partial charge < -0.3 is 9.16 Å². The molecule has 0 unspecified atom stereocenters. The first-order valence-electron chi connectivity index (χ1n) is 7.20. The number of carbonyl (C=O) groups excluding carboxylic acids is 1. The molecule has 0 heterocycles. The lowest BCUT2D eigenvalue weighted by molar-refractivity contribution is -0.137. The Kier molecular flexibility index (Phi) is 5.25. The van der Waals surface area contributed by atoms with E-state index in [2.05, 4.69) is 4.74 Å². The molecule has 1 aromatic carbocycles. The van der Waals surface area contributed by atoms with Crippen LogP contribution in [-0.4, -0.2) is 21.4 Å². The summed E-state index contributed by atoms with van der Waals surface area (Å²) in [6.45, 7) is 11.4. The molecule has 0 spiro atoms. The fourth-order valence-corrected chi connectivity index (χ4v) is 2.78. The number of carbonyl (C=O) groups is 1. The number of hydrogen-bond donors (Lipinski definition) is 0. The monoisotopic (exact) mass is 348 g/mol. The normalized spacial score (nSPS) is 13.0. The van der Waals surface area contributed by atoms with Crippen molar-refractivity contribution in [3.63, 3.8) is 0 Å². The maximum absolute atomic E-state index is 13.1. The van der Waals surface area contributed by atoms with Gasteiger partial charge in [-0.2, -0.15) is 13.2 Å². The zero-order chi connectivity index (χ0) is 18.2. The molecular formula is C16H23F3O3Si. The van der Waals surface area contributed by atoms with Crippen LogP contribution >= 0.6 is 0 Å². The zero-order valence-corrected chi connectivity index (χ0v) is 15.5.